The van der Waals surface area contributed by atoms with Gasteiger partial charge in [-0.1, -0.05) is 179 Å². The lowest BCUT2D eigenvalue weighted by molar-refractivity contribution is -0.150. The molecular formula is C46H85BrO6. The van der Waals surface area contributed by atoms with E-state index in [0.717, 1.165) is 38.0 Å². The predicted octanol–water partition coefficient (Wildman–Crippen LogP) is 14.5. The predicted molar refractivity (Wildman–Crippen MR) is 228 cm³/mol. The summed E-state index contributed by atoms with van der Waals surface area (Å²) in [5, 5.41) is 0.467. The van der Waals surface area contributed by atoms with Crippen molar-refractivity contribution in [3.8, 4) is 0 Å². The molecule has 0 heterocycles. The Kier molecular flexibility index (Phi) is 37.7. The molecule has 0 aliphatic carbocycles. The van der Waals surface area contributed by atoms with Crippen LogP contribution in [0.15, 0.2) is 24.7 Å². The molecule has 0 saturated heterocycles. The van der Waals surface area contributed by atoms with Crippen LogP contribution in [0.3, 0.4) is 0 Å². The van der Waals surface area contributed by atoms with Crippen LogP contribution in [0.4, 0.5) is 0 Å². The highest BCUT2D eigenvalue weighted by molar-refractivity contribution is 9.09. The molecular weight excluding hydrogens is 728 g/mol. The van der Waals surface area contributed by atoms with Crippen LogP contribution in [0.25, 0.3) is 0 Å². The minimum absolute atomic E-state index is 0.179. The van der Waals surface area contributed by atoms with E-state index in [2.05, 4.69) is 56.8 Å². The van der Waals surface area contributed by atoms with Crippen LogP contribution >= 0.6 is 15.9 Å². The number of carbonyl (C=O) groups is 2. The van der Waals surface area contributed by atoms with E-state index in [0.29, 0.717) is 42.4 Å². The molecule has 312 valence electrons. The van der Waals surface area contributed by atoms with Gasteiger partial charge in [0.1, 0.15) is 12.7 Å². The fraction of sp³-hybridized carbons (Fsp3) is 0.870. The van der Waals surface area contributed by atoms with Crippen molar-refractivity contribution in [3.63, 3.8) is 0 Å². The Balaban J connectivity index is 4.33. The summed E-state index contributed by atoms with van der Waals surface area (Å²) in [4.78, 5) is 25.0. The fourth-order valence-corrected chi connectivity index (χ4v) is 7.00. The zero-order valence-corrected chi connectivity index (χ0v) is 36.9. The van der Waals surface area contributed by atoms with Gasteiger partial charge in [-0.3, -0.25) is 9.59 Å². The third kappa shape index (κ3) is 34.7. The first-order chi connectivity index (χ1) is 25.8. The molecule has 3 atom stereocenters. The second-order valence-corrected chi connectivity index (χ2v) is 16.2. The number of hydrogen-bond acceptors (Lipinski definition) is 6. The van der Waals surface area contributed by atoms with Crippen molar-refractivity contribution in [2.24, 2.45) is 11.8 Å². The van der Waals surface area contributed by atoms with Gasteiger partial charge in [-0.05, 0) is 50.4 Å². The summed E-state index contributed by atoms with van der Waals surface area (Å²) in [5.41, 5.74) is 0. The van der Waals surface area contributed by atoms with Crippen molar-refractivity contribution >= 4 is 27.9 Å². The molecule has 0 amide bonds. The maximum absolute atomic E-state index is 12.5. The molecule has 0 spiro atoms. The van der Waals surface area contributed by atoms with Gasteiger partial charge in [0.15, 0.2) is 0 Å². The summed E-state index contributed by atoms with van der Waals surface area (Å²) < 4.78 is 23.3. The van der Waals surface area contributed by atoms with Crippen molar-refractivity contribution in [1.29, 1.82) is 0 Å². The van der Waals surface area contributed by atoms with E-state index >= 15 is 0 Å². The van der Waals surface area contributed by atoms with Crippen molar-refractivity contribution in [1.82, 2.24) is 0 Å². The quantitative estimate of drug-likeness (QED) is 0.0265. The second-order valence-electron chi connectivity index (χ2n) is 15.5. The molecule has 0 radical (unpaired) electrons. The molecule has 0 aromatic carbocycles. The number of halogens is 1. The number of alkyl halides is 1. The molecule has 0 aromatic rings. The Morgan fingerprint density at radius 2 is 0.811 bits per heavy atom. The zero-order chi connectivity index (χ0) is 39.2. The van der Waals surface area contributed by atoms with Gasteiger partial charge in [0.25, 0.3) is 0 Å². The van der Waals surface area contributed by atoms with Crippen molar-refractivity contribution < 1.29 is 28.5 Å². The average molecular weight is 814 g/mol. The molecule has 3 unspecified atom stereocenters. The summed E-state index contributed by atoms with van der Waals surface area (Å²) in [6.45, 7) is 18.8. The lowest BCUT2D eigenvalue weighted by Gasteiger charge is -2.19. The monoisotopic (exact) mass is 813 g/mol. The van der Waals surface area contributed by atoms with E-state index in [1.807, 2.05) is 0 Å². The number of ether oxygens (including phenoxy) is 4. The number of hydrogen-bond donors (Lipinski definition) is 0. The van der Waals surface area contributed by atoms with E-state index in [4.69, 9.17) is 18.9 Å². The van der Waals surface area contributed by atoms with E-state index in [1.165, 1.54) is 135 Å². The highest BCUT2D eigenvalue weighted by Gasteiger charge is 2.17. The van der Waals surface area contributed by atoms with Crippen molar-refractivity contribution in [2.45, 2.75) is 220 Å². The molecule has 0 saturated carbocycles. The highest BCUT2D eigenvalue weighted by atomic mass is 79.9. The van der Waals surface area contributed by atoms with Crippen LogP contribution in [0.5, 0.6) is 0 Å². The Morgan fingerprint density at radius 1 is 0.453 bits per heavy atom. The van der Waals surface area contributed by atoms with Crippen LogP contribution in [0.1, 0.15) is 214 Å². The van der Waals surface area contributed by atoms with Crippen LogP contribution in [-0.2, 0) is 28.5 Å². The van der Waals surface area contributed by atoms with Gasteiger partial charge in [0.05, 0.1) is 24.7 Å². The number of unbranched alkanes of at least 4 members (excludes halogenated alkanes) is 15. The molecule has 6 nitrogen and oxygen atoms in total. The number of carbonyl (C=O) groups excluding carboxylic acids is 2. The van der Waals surface area contributed by atoms with Crippen molar-refractivity contribution in [2.75, 3.05) is 25.2 Å². The van der Waals surface area contributed by atoms with Crippen LogP contribution in [0.2, 0.25) is 0 Å². The molecule has 53 heavy (non-hydrogen) atoms. The zero-order valence-electron chi connectivity index (χ0n) is 35.3. The summed E-state index contributed by atoms with van der Waals surface area (Å²) in [6, 6.07) is 0. The average Bonchev–Trinajstić information content (AvgIpc) is 3.15. The number of esters is 2. The standard InChI is InChI=1S/C46H85BrO6/c1-7-11-15-19-21-25-32-42(30-22-17-13-9-3)37-50-40(5)28-26-29-41(6)51-39-44(36-47)53-46(49)35-27-34-45(48)52-38-43(31-23-18-14-10-4)33-24-20-16-12-8-2/h42-44H,5-39H2,1-4H3. The molecule has 0 N–H and O–H groups in total. The Morgan fingerprint density at radius 3 is 1.26 bits per heavy atom. The number of rotatable bonds is 41. The molecule has 0 aliphatic rings. The van der Waals surface area contributed by atoms with Gasteiger partial charge in [-0.15, -0.1) is 0 Å². The van der Waals surface area contributed by atoms with E-state index in [1.54, 1.807) is 0 Å². The van der Waals surface area contributed by atoms with Crippen molar-refractivity contribution in [3.05, 3.63) is 24.7 Å². The first-order valence-corrected chi connectivity index (χ1v) is 23.4. The Hall–Kier alpha value is -1.50. The van der Waals surface area contributed by atoms with E-state index in [-0.39, 0.29) is 31.4 Å². The summed E-state index contributed by atoms with van der Waals surface area (Å²) >= 11 is 3.44. The van der Waals surface area contributed by atoms with Gasteiger partial charge in [0.2, 0.25) is 0 Å². The van der Waals surface area contributed by atoms with E-state index in [9.17, 15) is 9.59 Å². The van der Waals surface area contributed by atoms with Gasteiger partial charge in [0, 0.05) is 31.0 Å². The number of allylic oxidation sites excluding steroid dienone is 2. The fourth-order valence-electron chi connectivity index (χ4n) is 6.68. The molecule has 0 aliphatic heterocycles. The SMILES string of the molecule is C=C(CCCC(=C)OCC(CBr)OC(=O)CCCC(=O)OCC(CCCCCC)CCCCCCC)OCC(CCCCCC)CCCCCCCC. The molecule has 0 aromatic heterocycles. The first-order valence-electron chi connectivity index (χ1n) is 22.3. The molecule has 0 bridgehead atoms. The molecule has 0 fully saturated rings. The Labute approximate surface area is 336 Å². The molecule has 0 rings (SSSR count). The van der Waals surface area contributed by atoms with Gasteiger partial charge in [-0.2, -0.15) is 0 Å². The largest absolute Gasteiger partial charge is 0.498 e. The van der Waals surface area contributed by atoms with Crippen LogP contribution in [-0.4, -0.2) is 43.2 Å². The lowest BCUT2D eigenvalue weighted by atomic mass is 9.95. The van der Waals surface area contributed by atoms with Gasteiger partial charge in [-0.25, -0.2) is 0 Å². The van der Waals surface area contributed by atoms with Gasteiger partial charge < -0.3 is 18.9 Å². The van der Waals surface area contributed by atoms with Crippen LogP contribution in [0, 0.1) is 11.8 Å². The normalized spacial score (nSPS) is 12.9. The highest BCUT2D eigenvalue weighted by Crippen LogP contribution is 2.22. The molecule has 7 heteroatoms. The maximum atomic E-state index is 12.5. The maximum Gasteiger partial charge on any atom is 0.306 e. The summed E-state index contributed by atoms with van der Waals surface area (Å²) in [5.74, 6) is 2.02. The minimum Gasteiger partial charge on any atom is -0.498 e. The summed E-state index contributed by atoms with van der Waals surface area (Å²) in [6.07, 6.45) is 31.9. The lowest BCUT2D eigenvalue weighted by Crippen LogP contribution is -2.25. The van der Waals surface area contributed by atoms with E-state index < -0.39 is 6.10 Å². The van der Waals surface area contributed by atoms with Gasteiger partial charge >= 0.3 is 11.9 Å². The Bertz CT molecular complexity index is 876. The third-order valence-corrected chi connectivity index (χ3v) is 11.0. The smallest absolute Gasteiger partial charge is 0.306 e. The first kappa shape index (κ1) is 51.5. The summed E-state index contributed by atoms with van der Waals surface area (Å²) in [7, 11) is 0. The van der Waals surface area contributed by atoms with Crippen LogP contribution < -0.4 is 0 Å². The minimum atomic E-state index is -0.420. The topological polar surface area (TPSA) is 71.1 Å². The second kappa shape index (κ2) is 38.8. The third-order valence-electron chi connectivity index (χ3n) is 10.2.